The maximum atomic E-state index is 13.3. The summed E-state index contributed by atoms with van der Waals surface area (Å²) >= 11 is 6.19. The SMILES string of the molecule is COc1cccc(-c2cccc(C(=O)N3CCCC3C(=O)NCc3ccccc3Cl)c2)c1. The van der Waals surface area contributed by atoms with Crippen LogP contribution in [0.15, 0.2) is 72.8 Å². The van der Waals surface area contributed by atoms with Gasteiger partial charge in [-0.25, -0.2) is 0 Å². The molecule has 1 N–H and O–H groups in total. The van der Waals surface area contributed by atoms with E-state index in [1.165, 1.54) is 0 Å². The van der Waals surface area contributed by atoms with Crippen molar-refractivity contribution in [3.8, 4) is 16.9 Å². The third-order valence-electron chi connectivity index (χ3n) is 5.74. The second-order valence-electron chi connectivity index (χ2n) is 7.78. The molecule has 4 rings (SSSR count). The van der Waals surface area contributed by atoms with Gasteiger partial charge in [0.15, 0.2) is 0 Å². The normalized spacial score (nSPS) is 15.4. The summed E-state index contributed by atoms with van der Waals surface area (Å²) in [6, 6.07) is 22.1. The molecule has 0 aromatic heterocycles. The highest BCUT2D eigenvalue weighted by Crippen LogP contribution is 2.27. The fourth-order valence-corrected chi connectivity index (χ4v) is 4.23. The number of carbonyl (C=O) groups is 2. The van der Waals surface area contributed by atoms with Gasteiger partial charge >= 0.3 is 0 Å². The van der Waals surface area contributed by atoms with Gasteiger partial charge in [0.05, 0.1) is 7.11 Å². The lowest BCUT2D eigenvalue weighted by atomic mass is 10.0. The van der Waals surface area contributed by atoms with E-state index >= 15 is 0 Å². The highest BCUT2D eigenvalue weighted by molar-refractivity contribution is 6.31. The standard InChI is InChI=1S/C26H25ClN2O3/c1-32-22-11-5-9-19(16-22)18-8-4-10-20(15-18)26(31)29-14-6-13-24(29)25(30)28-17-21-7-2-3-12-23(21)27/h2-5,7-12,15-16,24H,6,13-14,17H2,1H3,(H,28,30). The van der Waals surface area contributed by atoms with Crippen molar-refractivity contribution >= 4 is 23.4 Å². The largest absolute Gasteiger partial charge is 0.497 e. The van der Waals surface area contributed by atoms with Crippen LogP contribution in [0, 0.1) is 0 Å². The molecule has 0 aliphatic carbocycles. The molecule has 2 amide bonds. The summed E-state index contributed by atoms with van der Waals surface area (Å²) < 4.78 is 5.31. The predicted molar refractivity (Wildman–Crippen MR) is 126 cm³/mol. The molecule has 0 saturated carbocycles. The lowest BCUT2D eigenvalue weighted by Crippen LogP contribution is -2.45. The van der Waals surface area contributed by atoms with Crippen LogP contribution in [-0.4, -0.2) is 36.4 Å². The predicted octanol–water partition coefficient (Wildman–Crippen LogP) is 4.94. The first-order valence-corrected chi connectivity index (χ1v) is 11.0. The van der Waals surface area contributed by atoms with E-state index in [0.717, 1.165) is 28.9 Å². The average Bonchev–Trinajstić information content (AvgIpc) is 3.33. The van der Waals surface area contributed by atoms with Crippen molar-refractivity contribution in [3.05, 3.63) is 88.9 Å². The summed E-state index contributed by atoms with van der Waals surface area (Å²) in [5.74, 6) is 0.471. The minimum Gasteiger partial charge on any atom is -0.497 e. The second-order valence-corrected chi connectivity index (χ2v) is 8.19. The van der Waals surface area contributed by atoms with Gasteiger partial charge in [-0.05, 0) is 59.9 Å². The second kappa shape index (κ2) is 9.88. The van der Waals surface area contributed by atoms with Crippen LogP contribution in [0.2, 0.25) is 5.02 Å². The summed E-state index contributed by atoms with van der Waals surface area (Å²) in [5.41, 5.74) is 3.31. The Kier molecular flexibility index (Phi) is 6.76. The molecule has 1 atom stereocenters. The van der Waals surface area contributed by atoms with Gasteiger partial charge in [0, 0.05) is 23.7 Å². The topological polar surface area (TPSA) is 58.6 Å². The third-order valence-corrected chi connectivity index (χ3v) is 6.11. The van der Waals surface area contributed by atoms with Gasteiger partial charge in [-0.1, -0.05) is 54.1 Å². The molecule has 0 spiro atoms. The summed E-state index contributed by atoms with van der Waals surface area (Å²) in [4.78, 5) is 27.8. The first-order valence-electron chi connectivity index (χ1n) is 10.6. The number of carbonyl (C=O) groups excluding carboxylic acids is 2. The molecule has 3 aromatic carbocycles. The highest BCUT2D eigenvalue weighted by Gasteiger charge is 2.34. The van der Waals surface area contributed by atoms with E-state index in [0.29, 0.717) is 30.1 Å². The number of methoxy groups -OCH3 is 1. The van der Waals surface area contributed by atoms with Gasteiger partial charge in [-0.2, -0.15) is 0 Å². The number of rotatable bonds is 6. The van der Waals surface area contributed by atoms with E-state index in [1.807, 2.05) is 60.7 Å². The van der Waals surface area contributed by atoms with Crippen LogP contribution >= 0.6 is 11.6 Å². The Morgan fingerprint density at radius 1 is 1.03 bits per heavy atom. The summed E-state index contributed by atoms with van der Waals surface area (Å²) in [7, 11) is 1.63. The van der Waals surface area contributed by atoms with Crippen LogP contribution in [0.3, 0.4) is 0 Å². The molecule has 0 radical (unpaired) electrons. The average molecular weight is 449 g/mol. The zero-order valence-electron chi connectivity index (χ0n) is 17.9. The number of benzene rings is 3. The fourth-order valence-electron chi connectivity index (χ4n) is 4.02. The number of ether oxygens (including phenoxy) is 1. The molecule has 1 aliphatic heterocycles. The van der Waals surface area contributed by atoms with Gasteiger partial charge in [0.1, 0.15) is 11.8 Å². The molecule has 32 heavy (non-hydrogen) atoms. The number of nitrogens with one attached hydrogen (secondary N) is 1. The van der Waals surface area contributed by atoms with Crippen LogP contribution in [0.4, 0.5) is 0 Å². The van der Waals surface area contributed by atoms with Crippen molar-refractivity contribution in [1.82, 2.24) is 10.2 Å². The van der Waals surface area contributed by atoms with Crippen molar-refractivity contribution in [1.29, 1.82) is 0 Å². The van der Waals surface area contributed by atoms with E-state index in [4.69, 9.17) is 16.3 Å². The Labute approximate surface area is 193 Å². The molecular weight excluding hydrogens is 424 g/mol. The Bertz CT molecular complexity index is 1130. The van der Waals surface area contributed by atoms with E-state index in [-0.39, 0.29) is 11.8 Å². The van der Waals surface area contributed by atoms with Crippen LogP contribution in [-0.2, 0) is 11.3 Å². The highest BCUT2D eigenvalue weighted by atomic mass is 35.5. The number of halogens is 1. The minimum atomic E-state index is -0.481. The quantitative estimate of drug-likeness (QED) is 0.581. The third kappa shape index (κ3) is 4.78. The number of hydrogen-bond donors (Lipinski definition) is 1. The molecule has 1 heterocycles. The molecule has 1 aliphatic rings. The van der Waals surface area contributed by atoms with Gasteiger partial charge in [-0.3, -0.25) is 9.59 Å². The molecule has 1 fully saturated rings. The van der Waals surface area contributed by atoms with Gasteiger partial charge < -0.3 is 15.0 Å². The monoisotopic (exact) mass is 448 g/mol. The van der Waals surface area contributed by atoms with Gasteiger partial charge in [0.2, 0.25) is 5.91 Å². The summed E-state index contributed by atoms with van der Waals surface area (Å²) in [6.45, 7) is 0.898. The van der Waals surface area contributed by atoms with Crippen LogP contribution in [0.25, 0.3) is 11.1 Å². The molecule has 3 aromatic rings. The number of nitrogens with zero attached hydrogens (tertiary/aromatic N) is 1. The lowest BCUT2D eigenvalue weighted by molar-refractivity contribution is -0.125. The van der Waals surface area contributed by atoms with E-state index in [9.17, 15) is 9.59 Å². The Morgan fingerprint density at radius 2 is 1.78 bits per heavy atom. The molecule has 5 nitrogen and oxygen atoms in total. The first kappa shape index (κ1) is 21.9. The van der Waals surface area contributed by atoms with Crippen molar-refractivity contribution in [2.24, 2.45) is 0 Å². The van der Waals surface area contributed by atoms with Crippen LogP contribution in [0.5, 0.6) is 5.75 Å². The van der Waals surface area contributed by atoms with Crippen LogP contribution < -0.4 is 10.1 Å². The summed E-state index contributed by atoms with van der Waals surface area (Å²) in [6.07, 6.45) is 1.45. The number of hydrogen-bond acceptors (Lipinski definition) is 3. The molecule has 0 bridgehead atoms. The lowest BCUT2D eigenvalue weighted by Gasteiger charge is -2.24. The summed E-state index contributed by atoms with van der Waals surface area (Å²) in [5, 5.41) is 3.55. The molecule has 1 saturated heterocycles. The van der Waals surface area contributed by atoms with Crippen LogP contribution in [0.1, 0.15) is 28.8 Å². The number of amides is 2. The van der Waals surface area contributed by atoms with E-state index < -0.39 is 6.04 Å². The first-order chi connectivity index (χ1) is 15.6. The smallest absolute Gasteiger partial charge is 0.254 e. The Hall–Kier alpha value is -3.31. The zero-order chi connectivity index (χ0) is 22.5. The van der Waals surface area contributed by atoms with Crippen molar-refractivity contribution in [3.63, 3.8) is 0 Å². The fraction of sp³-hybridized carbons (Fsp3) is 0.231. The number of likely N-dealkylation sites (tertiary alicyclic amines) is 1. The van der Waals surface area contributed by atoms with E-state index in [1.54, 1.807) is 24.1 Å². The minimum absolute atomic E-state index is 0.134. The Morgan fingerprint density at radius 3 is 2.56 bits per heavy atom. The van der Waals surface area contributed by atoms with Crippen molar-refractivity contribution < 1.29 is 14.3 Å². The van der Waals surface area contributed by atoms with Gasteiger partial charge in [-0.15, -0.1) is 0 Å². The Balaban J connectivity index is 1.48. The maximum Gasteiger partial charge on any atom is 0.254 e. The van der Waals surface area contributed by atoms with Crippen molar-refractivity contribution in [2.45, 2.75) is 25.4 Å². The van der Waals surface area contributed by atoms with Crippen molar-refractivity contribution in [2.75, 3.05) is 13.7 Å². The van der Waals surface area contributed by atoms with E-state index in [2.05, 4.69) is 5.32 Å². The maximum absolute atomic E-state index is 13.3. The van der Waals surface area contributed by atoms with Gasteiger partial charge in [0.25, 0.3) is 5.91 Å². The zero-order valence-corrected chi connectivity index (χ0v) is 18.6. The molecular formula is C26H25ClN2O3. The molecule has 1 unspecified atom stereocenters. The molecule has 6 heteroatoms. The molecule has 164 valence electrons.